The molecule has 2 heterocycles. The molecule has 1 unspecified atom stereocenters. The number of rotatable bonds is 2. The summed E-state index contributed by atoms with van der Waals surface area (Å²) in [6, 6.07) is 5.76. The number of ether oxygens (including phenoxy) is 1. The SMILES string of the molecule is COc1ccc2c3c([nH]c2c1)C(C=O)NCC3. The monoisotopic (exact) mass is 230 g/mol. The third kappa shape index (κ3) is 1.52. The number of hydrogen-bond acceptors (Lipinski definition) is 3. The lowest BCUT2D eigenvalue weighted by Gasteiger charge is -2.19. The molecule has 0 radical (unpaired) electrons. The zero-order chi connectivity index (χ0) is 11.8. The van der Waals surface area contributed by atoms with Crippen LogP contribution in [0.25, 0.3) is 10.9 Å². The molecule has 2 N–H and O–H groups in total. The van der Waals surface area contributed by atoms with E-state index < -0.39 is 0 Å². The quantitative estimate of drug-likeness (QED) is 0.770. The highest BCUT2D eigenvalue weighted by Gasteiger charge is 2.23. The zero-order valence-corrected chi connectivity index (χ0v) is 9.62. The standard InChI is InChI=1S/C13H14N2O2/c1-17-8-2-3-9-10-4-5-14-12(7-16)13(10)15-11(9)6-8/h2-3,6-7,12,14-15H,4-5H2,1H3. The van der Waals surface area contributed by atoms with Crippen molar-refractivity contribution in [3.63, 3.8) is 0 Å². The molecule has 0 saturated heterocycles. The fraction of sp³-hybridized carbons (Fsp3) is 0.308. The predicted octanol–water partition coefficient (Wildman–Crippen LogP) is 1.56. The summed E-state index contributed by atoms with van der Waals surface area (Å²) in [7, 11) is 1.65. The molecule has 0 bridgehead atoms. The minimum atomic E-state index is -0.211. The van der Waals surface area contributed by atoms with Crippen LogP contribution < -0.4 is 10.1 Å². The Bertz CT molecular complexity index is 574. The van der Waals surface area contributed by atoms with Gasteiger partial charge in [-0.2, -0.15) is 0 Å². The Morgan fingerprint density at radius 2 is 2.35 bits per heavy atom. The maximum Gasteiger partial charge on any atom is 0.142 e. The molecule has 1 aliphatic heterocycles. The molecule has 1 aromatic heterocycles. The van der Waals surface area contributed by atoms with Crippen molar-refractivity contribution < 1.29 is 9.53 Å². The maximum atomic E-state index is 11.0. The number of carbonyl (C=O) groups excluding carboxylic acids is 1. The van der Waals surface area contributed by atoms with Gasteiger partial charge < -0.3 is 19.8 Å². The molecule has 1 atom stereocenters. The molecule has 0 aliphatic carbocycles. The molecule has 0 spiro atoms. The van der Waals surface area contributed by atoms with Crippen LogP contribution in [0.15, 0.2) is 18.2 Å². The number of methoxy groups -OCH3 is 1. The minimum Gasteiger partial charge on any atom is -0.497 e. The van der Waals surface area contributed by atoms with Gasteiger partial charge in [0.25, 0.3) is 0 Å². The summed E-state index contributed by atoms with van der Waals surface area (Å²) < 4.78 is 5.20. The predicted molar refractivity (Wildman–Crippen MR) is 65.4 cm³/mol. The van der Waals surface area contributed by atoms with Gasteiger partial charge in [0.1, 0.15) is 18.1 Å². The van der Waals surface area contributed by atoms with Crippen LogP contribution in [0.1, 0.15) is 17.3 Å². The summed E-state index contributed by atoms with van der Waals surface area (Å²) in [5.41, 5.74) is 3.28. The van der Waals surface area contributed by atoms with Gasteiger partial charge >= 0.3 is 0 Å². The van der Waals surface area contributed by atoms with Crippen LogP contribution in [-0.4, -0.2) is 24.9 Å². The highest BCUT2D eigenvalue weighted by molar-refractivity contribution is 5.87. The lowest BCUT2D eigenvalue weighted by atomic mass is 10.00. The van der Waals surface area contributed by atoms with Gasteiger partial charge in [-0.25, -0.2) is 0 Å². The largest absolute Gasteiger partial charge is 0.497 e. The molecular formula is C13H14N2O2. The van der Waals surface area contributed by atoms with Crippen molar-refractivity contribution in [1.82, 2.24) is 10.3 Å². The lowest BCUT2D eigenvalue weighted by Crippen LogP contribution is -2.30. The Hall–Kier alpha value is -1.81. The molecule has 1 aromatic carbocycles. The molecule has 4 nitrogen and oxygen atoms in total. The summed E-state index contributed by atoms with van der Waals surface area (Å²) in [6.45, 7) is 0.843. The Kier molecular flexibility index (Phi) is 2.37. The average molecular weight is 230 g/mol. The van der Waals surface area contributed by atoms with Gasteiger partial charge in [-0.3, -0.25) is 0 Å². The van der Waals surface area contributed by atoms with E-state index in [1.165, 1.54) is 10.9 Å². The highest BCUT2D eigenvalue weighted by Crippen LogP contribution is 2.31. The van der Waals surface area contributed by atoms with Gasteiger partial charge in [-0.05, 0) is 24.1 Å². The third-order valence-electron chi connectivity index (χ3n) is 3.33. The molecule has 1 aliphatic rings. The Morgan fingerprint density at radius 1 is 1.47 bits per heavy atom. The Morgan fingerprint density at radius 3 is 3.12 bits per heavy atom. The smallest absolute Gasteiger partial charge is 0.142 e. The molecule has 0 amide bonds. The van der Waals surface area contributed by atoms with E-state index >= 15 is 0 Å². The number of carbonyl (C=O) groups is 1. The van der Waals surface area contributed by atoms with Crippen molar-refractivity contribution >= 4 is 17.2 Å². The summed E-state index contributed by atoms with van der Waals surface area (Å²) >= 11 is 0. The Labute approximate surface area is 99.0 Å². The summed E-state index contributed by atoms with van der Waals surface area (Å²) in [5, 5.41) is 4.37. The number of aromatic nitrogens is 1. The maximum absolute atomic E-state index is 11.0. The number of aldehydes is 1. The second-order valence-electron chi connectivity index (χ2n) is 4.25. The topological polar surface area (TPSA) is 54.1 Å². The first-order valence-corrected chi connectivity index (χ1v) is 5.70. The van der Waals surface area contributed by atoms with Crippen molar-refractivity contribution in [2.24, 2.45) is 0 Å². The number of aromatic amines is 1. The Balaban J connectivity index is 2.21. The number of benzene rings is 1. The normalized spacial score (nSPS) is 19.0. The van der Waals surface area contributed by atoms with Crippen LogP contribution in [0.5, 0.6) is 5.75 Å². The molecule has 0 saturated carbocycles. The van der Waals surface area contributed by atoms with Crippen molar-refractivity contribution in [1.29, 1.82) is 0 Å². The molecule has 88 valence electrons. The average Bonchev–Trinajstić information content (AvgIpc) is 2.75. The van der Waals surface area contributed by atoms with Gasteiger partial charge in [-0.15, -0.1) is 0 Å². The second kappa shape index (κ2) is 3.89. The van der Waals surface area contributed by atoms with E-state index in [-0.39, 0.29) is 6.04 Å². The first-order chi connectivity index (χ1) is 8.33. The van der Waals surface area contributed by atoms with Crippen molar-refractivity contribution in [2.75, 3.05) is 13.7 Å². The van der Waals surface area contributed by atoms with Gasteiger partial charge in [0.2, 0.25) is 0 Å². The molecular weight excluding hydrogens is 216 g/mol. The lowest BCUT2D eigenvalue weighted by molar-refractivity contribution is -0.109. The summed E-state index contributed by atoms with van der Waals surface area (Å²) in [4.78, 5) is 14.3. The minimum absolute atomic E-state index is 0.211. The van der Waals surface area contributed by atoms with E-state index in [9.17, 15) is 4.79 Å². The molecule has 0 fully saturated rings. The van der Waals surface area contributed by atoms with Gasteiger partial charge in [0.05, 0.1) is 7.11 Å². The van der Waals surface area contributed by atoms with Crippen LogP contribution in [0.2, 0.25) is 0 Å². The first-order valence-electron chi connectivity index (χ1n) is 5.70. The number of nitrogens with one attached hydrogen (secondary N) is 2. The molecule has 4 heteroatoms. The van der Waals surface area contributed by atoms with E-state index in [0.717, 1.165) is 36.2 Å². The van der Waals surface area contributed by atoms with Crippen LogP contribution in [0, 0.1) is 0 Å². The van der Waals surface area contributed by atoms with Crippen molar-refractivity contribution in [2.45, 2.75) is 12.5 Å². The van der Waals surface area contributed by atoms with Gasteiger partial charge in [0, 0.05) is 29.2 Å². The third-order valence-corrected chi connectivity index (χ3v) is 3.33. The first kappa shape index (κ1) is 10.4. The molecule has 17 heavy (non-hydrogen) atoms. The van der Waals surface area contributed by atoms with Crippen LogP contribution in [0.4, 0.5) is 0 Å². The fourth-order valence-electron chi connectivity index (χ4n) is 2.49. The van der Waals surface area contributed by atoms with Crippen molar-refractivity contribution in [3.8, 4) is 5.75 Å². The second-order valence-corrected chi connectivity index (χ2v) is 4.25. The summed E-state index contributed by atoms with van der Waals surface area (Å²) in [6.07, 6.45) is 1.90. The van der Waals surface area contributed by atoms with E-state index in [1.54, 1.807) is 7.11 Å². The van der Waals surface area contributed by atoms with Crippen molar-refractivity contribution in [3.05, 3.63) is 29.5 Å². The number of H-pyrrole nitrogens is 1. The van der Waals surface area contributed by atoms with E-state index in [2.05, 4.69) is 16.4 Å². The number of fused-ring (bicyclic) bond motifs is 3. The van der Waals surface area contributed by atoms with E-state index in [0.29, 0.717) is 0 Å². The van der Waals surface area contributed by atoms with E-state index in [1.807, 2.05) is 12.1 Å². The van der Waals surface area contributed by atoms with Gasteiger partial charge in [-0.1, -0.05) is 0 Å². The number of hydrogen-bond donors (Lipinski definition) is 2. The van der Waals surface area contributed by atoms with Crippen LogP contribution in [-0.2, 0) is 11.2 Å². The summed E-state index contributed by atoms with van der Waals surface area (Å²) in [5.74, 6) is 0.826. The van der Waals surface area contributed by atoms with Crippen LogP contribution in [0.3, 0.4) is 0 Å². The zero-order valence-electron chi connectivity index (χ0n) is 9.62. The van der Waals surface area contributed by atoms with Crippen LogP contribution >= 0.6 is 0 Å². The van der Waals surface area contributed by atoms with E-state index in [4.69, 9.17) is 4.74 Å². The molecule has 3 rings (SSSR count). The van der Waals surface area contributed by atoms with Gasteiger partial charge in [0.15, 0.2) is 0 Å². The highest BCUT2D eigenvalue weighted by atomic mass is 16.5. The fourth-order valence-corrected chi connectivity index (χ4v) is 2.49. The molecule has 2 aromatic rings.